The number of nitrogens with zero attached hydrogens (tertiary/aromatic N) is 4. The lowest BCUT2D eigenvalue weighted by molar-refractivity contribution is -0.132. The van der Waals surface area contributed by atoms with E-state index in [1.807, 2.05) is 4.90 Å². The van der Waals surface area contributed by atoms with E-state index in [0.29, 0.717) is 49.9 Å². The van der Waals surface area contributed by atoms with Crippen LogP contribution < -0.4 is 0 Å². The predicted molar refractivity (Wildman–Crippen MR) is 166 cm³/mol. The van der Waals surface area contributed by atoms with Crippen molar-refractivity contribution in [2.24, 2.45) is 0 Å². The molecule has 0 unspecified atom stereocenters. The lowest BCUT2D eigenvalue weighted by atomic mass is 10.0. The molecule has 226 valence electrons. The lowest BCUT2D eigenvalue weighted by Crippen LogP contribution is -2.47. The molecule has 0 spiro atoms. The van der Waals surface area contributed by atoms with Gasteiger partial charge in [-0.1, -0.05) is 44.5 Å². The largest absolute Gasteiger partial charge is 0.409 e. The number of carbonyl (C=O) groups excluding carboxylic acids is 2. The van der Waals surface area contributed by atoms with Gasteiger partial charge < -0.3 is 14.2 Å². The van der Waals surface area contributed by atoms with Crippen LogP contribution >= 0.6 is 11.6 Å². The zero-order valence-corrected chi connectivity index (χ0v) is 27.5. The van der Waals surface area contributed by atoms with Crippen LogP contribution in [0.15, 0.2) is 47.5 Å². The topological polar surface area (TPSA) is 102 Å². The number of imidazole rings is 1. The van der Waals surface area contributed by atoms with Gasteiger partial charge in [0.1, 0.15) is 5.82 Å². The van der Waals surface area contributed by atoms with E-state index in [-0.39, 0.29) is 40.1 Å². The Bertz CT molecular complexity index is 1620. The second kappa shape index (κ2) is 11.4. The fourth-order valence-corrected chi connectivity index (χ4v) is 7.67. The van der Waals surface area contributed by atoms with Crippen LogP contribution in [0.1, 0.15) is 51.6 Å². The molecule has 2 amide bonds. The third-order valence-electron chi connectivity index (χ3n) is 9.02. The zero-order chi connectivity index (χ0) is 30.4. The molecule has 1 fully saturated rings. The van der Waals surface area contributed by atoms with Crippen molar-refractivity contribution in [3.63, 3.8) is 0 Å². The molecule has 0 radical (unpaired) electrons. The van der Waals surface area contributed by atoms with Gasteiger partial charge in [0.05, 0.1) is 35.7 Å². The van der Waals surface area contributed by atoms with Crippen molar-refractivity contribution in [3.05, 3.63) is 59.1 Å². The Morgan fingerprint density at radius 1 is 1.10 bits per heavy atom. The fraction of sp³-hybridized carbons (Fsp3) is 0.500. The number of halogens is 1. The zero-order valence-electron chi connectivity index (χ0n) is 24.9. The molecule has 2 aliphatic heterocycles. The maximum Gasteiger partial charge on any atom is 0.330 e. The van der Waals surface area contributed by atoms with Crippen LogP contribution in [-0.2, 0) is 32.2 Å². The van der Waals surface area contributed by atoms with Crippen LogP contribution in [-0.4, -0.2) is 72.9 Å². The summed E-state index contributed by atoms with van der Waals surface area (Å²) in [4.78, 5) is 34.6. The lowest BCUT2D eigenvalue weighted by Gasteiger charge is -2.36. The highest BCUT2D eigenvalue weighted by Gasteiger charge is 2.40. The molecular weight excluding hydrogens is 592 g/mol. The number of hydrogen-bond donors (Lipinski definition) is 0. The van der Waals surface area contributed by atoms with Crippen molar-refractivity contribution in [1.82, 2.24) is 19.4 Å². The number of benzene rings is 2. The fourth-order valence-electron chi connectivity index (χ4n) is 5.31. The minimum absolute atomic E-state index is 0.00504. The number of amides is 2. The molecule has 9 nitrogen and oxygen atoms in total. The summed E-state index contributed by atoms with van der Waals surface area (Å²) in [5, 5.41) is 2.29. The van der Waals surface area contributed by atoms with Crippen molar-refractivity contribution in [2.45, 2.75) is 82.3 Å². The minimum Gasteiger partial charge on any atom is -0.409 e. The molecule has 0 aliphatic carbocycles. The number of piperidine rings is 1. The second-order valence-electron chi connectivity index (χ2n) is 12.8. The summed E-state index contributed by atoms with van der Waals surface area (Å²) in [7, 11) is -5.62. The molecule has 0 bridgehead atoms. The Balaban J connectivity index is 1.14. The minimum atomic E-state index is -3.63. The van der Waals surface area contributed by atoms with E-state index in [1.54, 1.807) is 52.1 Å². The van der Waals surface area contributed by atoms with Crippen molar-refractivity contribution in [3.8, 4) is 0 Å². The van der Waals surface area contributed by atoms with Crippen molar-refractivity contribution >= 4 is 52.5 Å². The summed E-state index contributed by atoms with van der Waals surface area (Å²) in [6.45, 7) is 12.7. The molecule has 2 aromatic carbocycles. The quantitative estimate of drug-likeness (QED) is 0.289. The first-order valence-electron chi connectivity index (χ1n) is 14.4. The van der Waals surface area contributed by atoms with Crippen LogP contribution in [0.3, 0.4) is 0 Å². The number of carbonyl (C=O) groups is 2. The number of likely N-dealkylation sites (tertiary alicyclic amines) is 1. The van der Waals surface area contributed by atoms with Gasteiger partial charge in [-0.25, -0.2) is 22.8 Å². The van der Waals surface area contributed by atoms with E-state index in [9.17, 15) is 18.0 Å². The first-order chi connectivity index (χ1) is 19.7. The number of fused-ring (bicyclic) bond motifs is 2. The Labute approximate surface area is 253 Å². The van der Waals surface area contributed by atoms with Crippen LogP contribution in [0, 0.1) is 0 Å². The standard InChI is InChI=1S/C30H39ClN4O5SSi/c1-30(2,3)42(4,5)40-20-27-32-18-25-19-34(29(37)35(25)27)24-10-13-33(14-11-24)28(36)12-15-41(38,39)26-9-7-21-16-23(31)8-6-22(21)17-26/h6-9,16-18,24H,10-15,19-20H2,1-5H3. The Hall–Kier alpha value is -2.73. The number of hydrogen-bond acceptors (Lipinski definition) is 6. The number of sulfone groups is 1. The van der Waals surface area contributed by atoms with Gasteiger partial charge in [-0.3, -0.25) is 4.79 Å². The maximum absolute atomic E-state index is 13.4. The van der Waals surface area contributed by atoms with Gasteiger partial charge in [0.25, 0.3) is 0 Å². The van der Waals surface area contributed by atoms with E-state index in [1.165, 1.54) is 0 Å². The summed E-state index contributed by atoms with van der Waals surface area (Å²) < 4.78 is 34.0. The SMILES string of the molecule is CC(C)(C)[Si](C)(C)OCc1ncc2n1C(=O)N(C1CCN(C(=O)CCS(=O)(=O)c3ccc4cc(Cl)ccc4c3)CC1)C2. The maximum atomic E-state index is 13.4. The number of aromatic nitrogens is 2. The highest BCUT2D eigenvalue weighted by atomic mass is 35.5. The second-order valence-corrected chi connectivity index (χ2v) is 20.1. The first kappa shape index (κ1) is 30.7. The summed E-state index contributed by atoms with van der Waals surface area (Å²) in [5.74, 6) is 0.196. The van der Waals surface area contributed by atoms with Gasteiger partial charge in [0, 0.05) is 30.6 Å². The van der Waals surface area contributed by atoms with E-state index < -0.39 is 18.2 Å². The highest BCUT2D eigenvalue weighted by Crippen LogP contribution is 2.37. The first-order valence-corrected chi connectivity index (χ1v) is 19.3. The van der Waals surface area contributed by atoms with Crippen LogP contribution in [0.5, 0.6) is 0 Å². The molecule has 1 saturated heterocycles. The van der Waals surface area contributed by atoms with Crippen molar-refractivity contribution < 1.29 is 22.4 Å². The normalized spacial score (nSPS) is 16.9. The molecule has 42 heavy (non-hydrogen) atoms. The van der Waals surface area contributed by atoms with Gasteiger partial charge in [0.15, 0.2) is 18.2 Å². The van der Waals surface area contributed by atoms with Crippen molar-refractivity contribution in [1.29, 1.82) is 0 Å². The summed E-state index contributed by atoms with van der Waals surface area (Å²) >= 11 is 6.03. The van der Waals surface area contributed by atoms with E-state index >= 15 is 0 Å². The predicted octanol–water partition coefficient (Wildman–Crippen LogP) is 5.85. The van der Waals surface area contributed by atoms with Gasteiger partial charge in [0.2, 0.25) is 5.91 Å². The van der Waals surface area contributed by atoms with Crippen LogP contribution in [0.25, 0.3) is 10.8 Å². The van der Waals surface area contributed by atoms with E-state index in [2.05, 4.69) is 38.8 Å². The molecule has 0 saturated carbocycles. The van der Waals surface area contributed by atoms with E-state index in [0.717, 1.165) is 16.5 Å². The van der Waals surface area contributed by atoms with Crippen LogP contribution in [0.2, 0.25) is 23.2 Å². The molecule has 0 N–H and O–H groups in total. The Kier molecular flexibility index (Phi) is 8.34. The molecule has 3 heterocycles. The van der Waals surface area contributed by atoms with E-state index in [4.69, 9.17) is 16.0 Å². The van der Waals surface area contributed by atoms with Gasteiger partial charge in [-0.05, 0) is 66.0 Å². The molecule has 3 aromatic rings. The number of rotatable bonds is 8. The third-order valence-corrected chi connectivity index (χ3v) is 15.4. The average Bonchev–Trinajstić information content (AvgIpc) is 3.49. The van der Waals surface area contributed by atoms with Gasteiger partial charge in [-0.15, -0.1) is 0 Å². The molecule has 12 heteroatoms. The summed E-state index contributed by atoms with van der Waals surface area (Å²) in [5.41, 5.74) is 0.856. The average molecular weight is 631 g/mol. The molecular formula is C30H39ClN4O5SSi. The highest BCUT2D eigenvalue weighted by molar-refractivity contribution is 7.91. The monoisotopic (exact) mass is 630 g/mol. The third kappa shape index (κ3) is 6.15. The summed E-state index contributed by atoms with van der Waals surface area (Å²) in [6, 6.07) is 10.1. The van der Waals surface area contributed by atoms with Gasteiger partial charge in [-0.2, -0.15) is 0 Å². The molecule has 2 aliphatic rings. The Morgan fingerprint density at radius 3 is 2.45 bits per heavy atom. The molecule has 0 atom stereocenters. The molecule has 1 aromatic heterocycles. The smallest absolute Gasteiger partial charge is 0.330 e. The van der Waals surface area contributed by atoms with Crippen LogP contribution in [0.4, 0.5) is 4.79 Å². The van der Waals surface area contributed by atoms with Gasteiger partial charge >= 0.3 is 6.03 Å². The molecule has 5 rings (SSSR count). The Morgan fingerprint density at radius 2 is 1.76 bits per heavy atom. The summed E-state index contributed by atoms with van der Waals surface area (Å²) in [6.07, 6.45) is 2.96. The van der Waals surface area contributed by atoms with Crippen molar-refractivity contribution in [2.75, 3.05) is 18.8 Å².